The van der Waals surface area contributed by atoms with E-state index in [1.54, 1.807) is 41.3 Å². The van der Waals surface area contributed by atoms with Crippen LogP contribution in [-0.4, -0.2) is 48.8 Å². The van der Waals surface area contributed by atoms with E-state index in [2.05, 4.69) is 10.2 Å². The molecule has 0 atom stereocenters. The first kappa shape index (κ1) is 23.3. The van der Waals surface area contributed by atoms with Crippen molar-refractivity contribution >= 4 is 51.4 Å². The summed E-state index contributed by atoms with van der Waals surface area (Å²) in [5.41, 5.74) is 0.899. The highest BCUT2D eigenvalue weighted by Crippen LogP contribution is 2.26. The van der Waals surface area contributed by atoms with Crippen LogP contribution in [0.15, 0.2) is 53.1 Å². The molecule has 1 N–H and O–H groups in total. The first-order valence-corrected chi connectivity index (χ1v) is 11.2. The molecule has 0 aliphatic heterocycles. The van der Waals surface area contributed by atoms with Crippen molar-refractivity contribution in [2.45, 2.75) is 13.0 Å². The zero-order valence-electron chi connectivity index (χ0n) is 17.2. The van der Waals surface area contributed by atoms with Crippen LogP contribution in [0.2, 0.25) is 10.0 Å². The minimum atomic E-state index is -0.357. The maximum Gasteiger partial charge on any atom is 0.291 e. The van der Waals surface area contributed by atoms with Crippen LogP contribution in [-0.2, 0) is 6.54 Å². The van der Waals surface area contributed by atoms with Crippen molar-refractivity contribution in [2.24, 2.45) is 0 Å². The quantitative estimate of drug-likeness (QED) is 0.440. The molecular weight excluding hydrogens is 457 g/mol. The number of benzene rings is 1. The molecule has 3 rings (SSSR count). The zero-order valence-corrected chi connectivity index (χ0v) is 19.6. The summed E-state index contributed by atoms with van der Waals surface area (Å²) in [6.07, 6.45) is 2.26. The SMILES string of the molecule is CN(C)CCCN(Cc1ccc(Cl)c(Cl)c1)C(=O)c1ccc(NC(=O)c2ccco2)s1. The fourth-order valence-corrected chi connectivity index (χ4v) is 4.14. The average molecular weight is 480 g/mol. The third kappa shape index (κ3) is 6.58. The molecule has 0 bridgehead atoms. The predicted octanol–water partition coefficient (Wildman–Crippen LogP) is 5.49. The Bertz CT molecular complexity index is 1030. The van der Waals surface area contributed by atoms with Crippen molar-refractivity contribution in [1.29, 1.82) is 0 Å². The van der Waals surface area contributed by atoms with Gasteiger partial charge in [-0.2, -0.15) is 0 Å². The van der Waals surface area contributed by atoms with Crippen LogP contribution in [0, 0.1) is 0 Å². The summed E-state index contributed by atoms with van der Waals surface area (Å²) in [6, 6.07) is 12.0. The second-order valence-corrected chi connectivity index (χ2v) is 9.13. The largest absolute Gasteiger partial charge is 0.459 e. The lowest BCUT2D eigenvalue weighted by Crippen LogP contribution is -2.32. The first-order chi connectivity index (χ1) is 14.8. The van der Waals surface area contributed by atoms with Gasteiger partial charge >= 0.3 is 0 Å². The minimum Gasteiger partial charge on any atom is -0.459 e. The van der Waals surface area contributed by atoms with E-state index in [0.717, 1.165) is 18.5 Å². The third-order valence-corrected chi connectivity index (χ3v) is 6.20. The van der Waals surface area contributed by atoms with Gasteiger partial charge in [0.25, 0.3) is 11.8 Å². The Balaban J connectivity index is 1.73. The van der Waals surface area contributed by atoms with E-state index < -0.39 is 0 Å². The number of thiophene rings is 1. The molecule has 0 saturated carbocycles. The Morgan fingerprint density at radius 3 is 2.55 bits per heavy atom. The Kier molecular flexibility index (Phi) is 8.15. The van der Waals surface area contributed by atoms with Gasteiger partial charge in [-0.25, -0.2) is 0 Å². The number of hydrogen-bond acceptors (Lipinski definition) is 5. The van der Waals surface area contributed by atoms with Gasteiger partial charge in [-0.05, 0) is 69.0 Å². The number of anilines is 1. The summed E-state index contributed by atoms with van der Waals surface area (Å²) in [5, 5.41) is 4.27. The maximum atomic E-state index is 13.2. The lowest BCUT2D eigenvalue weighted by molar-refractivity contribution is 0.0742. The minimum absolute atomic E-state index is 0.103. The van der Waals surface area contributed by atoms with Crippen LogP contribution in [0.5, 0.6) is 0 Å². The van der Waals surface area contributed by atoms with Gasteiger partial charge in [0, 0.05) is 13.1 Å². The smallest absolute Gasteiger partial charge is 0.291 e. The molecule has 31 heavy (non-hydrogen) atoms. The molecular formula is C22H23Cl2N3O3S. The van der Waals surface area contributed by atoms with E-state index in [0.29, 0.717) is 33.0 Å². The fraction of sp³-hybridized carbons (Fsp3) is 0.273. The third-order valence-electron chi connectivity index (χ3n) is 4.48. The van der Waals surface area contributed by atoms with Gasteiger partial charge < -0.3 is 19.5 Å². The molecule has 6 nitrogen and oxygen atoms in total. The second kappa shape index (κ2) is 10.8. The van der Waals surface area contributed by atoms with Crippen LogP contribution >= 0.6 is 34.5 Å². The number of halogens is 2. The van der Waals surface area contributed by atoms with Crippen LogP contribution < -0.4 is 5.32 Å². The number of nitrogens with zero attached hydrogens (tertiary/aromatic N) is 2. The zero-order chi connectivity index (χ0) is 22.4. The molecule has 164 valence electrons. The van der Waals surface area contributed by atoms with Crippen molar-refractivity contribution in [3.05, 3.63) is 75.0 Å². The molecule has 0 fully saturated rings. The summed E-state index contributed by atoms with van der Waals surface area (Å²) < 4.78 is 5.10. The normalized spacial score (nSPS) is 11.0. The van der Waals surface area contributed by atoms with E-state index in [-0.39, 0.29) is 17.6 Å². The Hall–Kier alpha value is -2.32. The van der Waals surface area contributed by atoms with Crippen molar-refractivity contribution in [1.82, 2.24) is 9.80 Å². The molecule has 0 unspecified atom stereocenters. The highest BCUT2D eigenvalue weighted by Gasteiger charge is 2.20. The summed E-state index contributed by atoms with van der Waals surface area (Å²) in [7, 11) is 4.00. The van der Waals surface area contributed by atoms with Gasteiger partial charge in [-0.1, -0.05) is 29.3 Å². The van der Waals surface area contributed by atoms with Crippen LogP contribution in [0.4, 0.5) is 5.00 Å². The maximum absolute atomic E-state index is 13.2. The van der Waals surface area contributed by atoms with Gasteiger partial charge in [0.15, 0.2) is 5.76 Å². The van der Waals surface area contributed by atoms with Crippen LogP contribution in [0.1, 0.15) is 32.2 Å². The van der Waals surface area contributed by atoms with E-state index in [1.165, 1.54) is 17.6 Å². The molecule has 9 heteroatoms. The highest BCUT2D eigenvalue weighted by atomic mass is 35.5. The molecule has 0 spiro atoms. The molecule has 0 aliphatic rings. The molecule has 0 radical (unpaired) electrons. The molecule has 2 aromatic heterocycles. The van der Waals surface area contributed by atoms with Crippen LogP contribution in [0.3, 0.4) is 0 Å². The second-order valence-electron chi connectivity index (χ2n) is 7.23. The number of carbonyl (C=O) groups excluding carboxylic acids is 2. The van der Waals surface area contributed by atoms with Gasteiger partial charge in [0.2, 0.25) is 0 Å². The number of hydrogen-bond donors (Lipinski definition) is 1. The van der Waals surface area contributed by atoms with Crippen molar-refractivity contribution in [3.63, 3.8) is 0 Å². The summed E-state index contributed by atoms with van der Waals surface area (Å²) in [5.74, 6) is -0.246. The lowest BCUT2D eigenvalue weighted by atomic mass is 10.2. The van der Waals surface area contributed by atoms with Gasteiger partial charge in [0.05, 0.1) is 26.2 Å². The number of amides is 2. The summed E-state index contributed by atoms with van der Waals surface area (Å²) in [4.78, 5) is 29.8. The highest BCUT2D eigenvalue weighted by molar-refractivity contribution is 7.18. The monoisotopic (exact) mass is 479 g/mol. The Morgan fingerprint density at radius 1 is 1.06 bits per heavy atom. The predicted molar refractivity (Wildman–Crippen MR) is 125 cm³/mol. The van der Waals surface area contributed by atoms with Gasteiger partial charge in [0.1, 0.15) is 0 Å². The number of rotatable bonds is 9. The number of carbonyl (C=O) groups is 2. The van der Waals surface area contributed by atoms with E-state index in [4.69, 9.17) is 27.6 Å². The van der Waals surface area contributed by atoms with Crippen molar-refractivity contribution in [2.75, 3.05) is 32.5 Å². The summed E-state index contributed by atoms with van der Waals surface area (Å²) in [6.45, 7) is 1.86. The molecule has 2 heterocycles. The van der Waals surface area contributed by atoms with Gasteiger partial charge in [-0.15, -0.1) is 11.3 Å². The van der Waals surface area contributed by atoms with E-state index >= 15 is 0 Å². The lowest BCUT2D eigenvalue weighted by Gasteiger charge is -2.23. The van der Waals surface area contributed by atoms with E-state index in [9.17, 15) is 9.59 Å². The number of nitrogens with one attached hydrogen (secondary N) is 1. The Morgan fingerprint density at radius 2 is 1.87 bits per heavy atom. The topological polar surface area (TPSA) is 65.8 Å². The standard InChI is InChI=1S/C22H23Cl2N3O3S/c1-26(2)10-4-11-27(14-15-6-7-16(23)17(24)13-15)22(29)19-8-9-20(31-19)25-21(28)18-5-3-12-30-18/h3,5-9,12-13H,4,10-11,14H2,1-2H3,(H,25,28). The van der Waals surface area contributed by atoms with Crippen molar-refractivity contribution in [3.8, 4) is 0 Å². The molecule has 0 aliphatic carbocycles. The van der Waals surface area contributed by atoms with Gasteiger partial charge in [-0.3, -0.25) is 9.59 Å². The molecule has 1 aromatic carbocycles. The molecule has 0 saturated heterocycles. The first-order valence-electron chi connectivity index (χ1n) is 9.66. The fourth-order valence-electron chi connectivity index (χ4n) is 2.95. The molecule has 2 amide bonds. The van der Waals surface area contributed by atoms with Crippen LogP contribution in [0.25, 0.3) is 0 Å². The Labute approximate surface area is 195 Å². The summed E-state index contributed by atoms with van der Waals surface area (Å²) >= 11 is 13.4. The molecule has 3 aromatic rings. The van der Waals surface area contributed by atoms with E-state index in [1.807, 2.05) is 20.2 Å². The van der Waals surface area contributed by atoms with Crippen molar-refractivity contribution < 1.29 is 14.0 Å². The average Bonchev–Trinajstić information content (AvgIpc) is 3.41. The number of furan rings is 1.